The van der Waals surface area contributed by atoms with E-state index in [9.17, 15) is 9.36 Å². The third-order valence-electron chi connectivity index (χ3n) is 2.99. The second-order valence-electron chi connectivity index (χ2n) is 4.35. The molecule has 0 heterocycles. The molecule has 0 spiro atoms. The topological polar surface area (TPSA) is 80.3 Å². The monoisotopic (exact) mass is 344 g/mol. The second-order valence-corrected chi connectivity index (χ2v) is 6.67. The van der Waals surface area contributed by atoms with Crippen molar-refractivity contribution in [3.05, 3.63) is 42.0 Å². The van der Waals surface area contributed by atoms with Gasteiger partial charge in [0.15, 0.2) is 0 Å². The third kappa shape index (κ3) is 5.71. The summed E-state index contributed by atoms with van der Waals surface area (Å²) in [4.78, 5) is 11.3. The van der Waals surface area contributed by atoms with Crippen LogP contribution in [0.25, 0.3) is 0 Å². The summed E-state index contributed by atoms with van der Waals surface area (Å²) in [6, 6.07) is 7.47. The van der Waals surface area contributed by atoms with Gasteiger partial charge in [-0.3, -0.25) is 4.57 Å². The molecular formula is C15H21O7P. The molecule has 8 heteroatoms. The first-order valence-electron chi connectivity index (χ1n) is 6.74. The Morgan fingerprint density at radius 3 is 2.48 bits per heavy atom. The van der Waals surface area contributed by atoms with Gasteiger partial charge in [0, 0.05) is 14.2 Å². The minimum Gasteiger partial charge on any atom is -0.497 e. The summed E-state index contributed by atoms with van der Waals surface area (Å²) < 4.78 is 36.6. The Morgan fingerprint density at radius 1 is 1.22 bits per heavy atom. The van der Waals surface area contributed by atoms with Crippen LogP contribution in [0.15, 0.2) is 36.4 Å². The van der Waals surface area contributed by atoms with Crippen LogP contribution in [-0.4, -0.2) is 40.4 Å². The van der Waals surface area contributed by atoms with E-state index in [1.807, 2.05) is 24.3 Å². The Kier molecular flexibility index (Phi) is 7.81. The molecule has 1 rings (SSSR count). The van der Waals surface area contributed by atoms with E-state index in [1.54, 1.807) is 13.2 Å². The first-order chi connectivity index (χ1) is 11.0. The molecule has 128 valence electrons. The van der Waals surface area contributed by atoms with Gasteiger partial charge in [-0.15, -0.1) is 0 Å². The van der Waals surface area contributed by atoms with Crippen molar-refractivity contribution in [2.45, 2.75) is 12.3 Å². The Balaban J connectivity index is 2.86. The van der Waals surface area contributed by atoms with Crippen LogP contribution in [-0.2, 0) is 29.5 Å². The van der Waals surface area contributed by atoms with E-state index in [1.165, 1.54) is 20.3 Å². The van der Waals surface area contributed by atoms with Gasteiger partial charge in [0.25, 0.3) is 0 Å². The Labute approximate surface area is 135 Å². The van der Waals surface area contributed by atoms with Gasteiger partial charge in [0.05, 0.1) is 14.2 Å². The summed E-state index contributed by atoms with van der Waals surface area (Å²) in [7, 11) is 1.55. The van der Waals surface area contributed by atoms with E-state index in [0.29, 0.717) is 6.42 Å². The molecular weight excluding hydrogens is 323 g/mol. The molecule has 0 saturated heterocycles. The molecule has 0 saturated carbocycles. The molecule has 0 aliphatic carbocycles. The minimum absolute atomic E-state index is 0.520. The molecule has 0 radical (unpaired) electrons. The summed E-state index contributed by atoms with van der Waals surface area (Å²) in [5.74, 6) is -0.465. The maximum absolute atomic E-state index is 12.4. The summed E-state index contributed by atoms with van der Waals surface area (Å²) in [5.41, 5.74) is 0.974. The molecule has 0 amide bonds. The number of allylic oxidation sites excluding steroid dienone is 1. The molecule has 0 aromatic heterocycles. The Hall–Kier alpha value is -1.82. The zero-order valence-corrected chi connectivity index (χ0v) is 14.4. The van der Waals surface area contributed by atoms with E-state index in [0.717, 1.165) is 18.4 Å². The number of carbonyl (C=O) groups excluding carboxylic acids is 1. The van der Waals surface area contributed by atoms with E-state index < -0.39 is 19.6 Å². The molecule has 1 aromatic carbocycles. The summed E-state index contributed by atoms with van der Waals surface area (Å²) in [6.07, 6.45) is 2.69. The van der Waals surface area contributed by atoms with E-state index in [2.05, 4.69) is 4.74 Å². The quantitative estimate of drug-likeness (QED) is 0.406. The van der Waals surface area contributed by atoms with Crippen molar-refractivity contribution >= 4 is 13.8 Å². The number of rotatable bonds is 8. The summed E-state index contributed by atoms with van der Waals surface area (Å²) >= 11 is 0. The first-order valence-corrected chi connectivity index (χ1v) is 8.35. The van der Waals surface area contributed by atoms with Crippen molar-refractivity contribution in [3.63, 3.8) is 0 Å². The molecule has 0 N–H and O–H groups in total. The number of ether oxygens (including phenoxy) is 3. The lowest BCUT2D eigenvalue weighted by Gasteiger charge is -2.21. The van der Waals surface area contributed by atoms with Gasteiger partial charge in [-0.1, -0.05) is 18.2 Å². The lowest BCUT2D eigenvalue weighted by molar-refractivity contribution is 0.0625. The highest BCUT2D eigenvalue weighted by Crippen LogP contribution is 2.52. The van der Waals surface area contributed by atoms with Crippen molar-refractivity contribution in [2.75, 3.05) is 28.4 Å². The van der Waals surface area contributed by atoms with Crippen molar-refractivity contribution < 1.29 is 32.6 Å². The number of benzene rings is 1. The molecule has 23 heavy (non-hydrogen) atoms. The predicted molar refractivity (Wildman–Crippen MR) is 84.7 cm³/mol. The van der Waals surface area contributed by atoms with Crippen LogP contribution in [0.5, 0.6) is 5.75 Å². The highest BCUT2D eigenvalue weighted by Gasteiger charge is 2.35. The molecule has 7 nitrogen and oxygen atoms in total. The van der Waals surface area contributed by atoms with E-state index in [4.69, 9.17) is 18.5 Å². The average Bonchev–Trinajstić information content (AvgIpc) is 2.60. The largest absolute Gasteiger partial charge is 0.509 e. The fourth-order valence-corrected chi connectivity index (χ4v) is 2.87. The van der Waals surface area contributed by atoms with Crippen molar-refractivity contribution in [3.8, 4) is 5.75 Å². The molecule has 1 atom stereocenters. The number of hydrogen-bond donors (Lipinski definition) is 0. The second kappa shape index (κ2) is 9.35. The zero-order valence-electron chi connectivity index (χ0n) is 13.6. The van der Waals surface area contributed by atoms with Crippen LogP contribution in [0.2, 0.25) is 0 Å². The number of hydrogen-bond acceptors (Lipinski definition) is 7. The van der Waals surface area contributed by atoms with Crippen molar-refractivity contribution in [2.24, 2.45) is 0 Å². The first kappa shape index (κ1) is 19.2. The summed E-state index contributed by atoms with van der Waals surface area (Å²) in [6.45, 7) is 0. The lowest BCUT2D eigenvalue weighted by atomic mass is 10.1. The van der Waals surface area contributed by atoms with Crippen LogP contribution in [0.1, 0.15) is 5.56 Å². The van der Waals surface area contributed by atoms with Gasteiger partial charge in [-0.2, -0.15) is 0 Å². The fraction of sp³-hybridized carbons (Fsp3) is 0.400. The lowest BCUT2D eigenvalue weighted by Crippen LogP contribution is -2.18. The van der Waals surface area contributed by atoms with Gasteiger partial charge in [0.2, 0.25) is 5.85 Å². The van der Waals surface area contributed by atoms with Crippen molar-refractivity contribution in [1.82, 2.24) is 0 Å². The fourth-order valence-electron chi connectivity index (χ4n) is 1.76. The molecule has 0 bridgehead atoms. The van der Waals surface area contributed by atoms with Gasteiger partial charge >= 0.3 is 13.8 Å². The zero-order chi connectivity index (χ0) is 17.3. The SMILES string of the molecule is COC(=O)O[C@@H](/C=C/Cc1cccc(OC)c1)P(=O)(OC)OC. The highest BCUT2D eigenvalue weighted by atomic mass is 31.2. The van der Waals surface area contributed by atoms with Crippen LogP contribution in [0.3, 0.4) is 0 Å². The van der Waals surface area contributed by atoms with Crippen LogP contribution in [0.4, 0.5) is 4.79 Å². The number of carbonyl (C=O) groups is 1. The maximum atomic E-state index is 12.4. The molecule has 0 unspecified atom stereocenters. The Bertz CT molecular complexity index is 577. The number of methoxy groups -OCH3 is 2. The van der Waals surface area contributed by atoms with Gasteiger partial charge in [-0.25, -0.2) is 4.79 Å². The summed E-state index contributed by atoms with van der Waals surface area (Å²) in [5, 5.41) is 0. The van der Waals surface area contributed by atoms with Crippen LogP contribution < -0.4 is 4.74 Å². The maximum Gasteiger partial charge on any atom is 0.509 e. The molecule has 0 aliphatic rings. The van der Waals surface area contributed by atoms with Crippen LogP contribution in [0, 0.1) is 0 Å². The minimum atomic E-state index is -3.63. The predicted octanol–water partition coefficient (Wildman–Crippen LogP) is 3.39. The molecule has 1 aromatic rings. The Morgan fingerprint density at radius 2 is 1.91 bits per heavy atom. The third-order valence-corrected chi connectivity index (χ3v) is 4.91. The van der Waals surface area contributed by atoms with Crippen molar-refractivity contribution in [1.29, 1.82) is 0 Å². The normalized spacial score (nSPS) is 12.9. The van der Waals surface area contributed by atoms with E-state index >= 15 is 0 Å². The molecule has 0 aliphatic heterocycles. The highest BCUT2D eigenvalue weighted by molar-refractivity contribution is 7.54. The van der Waals surface area contributed by atoms with Crippen LogP contribution >= 0.6 is 7.60 Å². The smallest absolute Gasteiger partial charge is 0.497 e. The standard InChI is InChI=1S/C15H21O7P/c1-18-13-9-5-7-12(11-13)8-6-10-14(22-15(16)19-2)23(17,20-3)21-4/h5-7,9-11,14H,8H2,1-4H3/b10-6+/t14-/m1/s1. The van der Waals surface area contributed by atoms with Gasteiger partial charge in [0.1, 0.15) is 5.75 Å². The van der Waals surface area contributed by atoms with Gasteiger partial charge < -0.3 is 23.3 Å². The molecule has 0 fully saturated rings. The van der Waals surface area contributed by atoms with E-state index in [-0.39, 0.29) is 0 Å². The average molecular weight is 344 g/mol. The van der Waals surface area contributed by atoms with Gasteiger partial charge in [-0.05, 0) is 30.2 Å².